The third-order valence-corrected chi connectivity index (χ3v) is 3.08. The van der Waals surface area contributed by atoms with Crippen molar-refractivity contribution in [2.24, 2.45) is 0 Å². The molecular formula is C12H10FN3O2. The summed E-state index contributed by atoms with van der Waals surface area (Å²) in [6.07, 6.45) is 1.49. The molecule has 2 heterocycles. The van der Waals surface area contributed by atoms with Gasteiger partial charge in [0.25, 0.3) is 5.82 Å². The first kappa shape index (κ1) is 10.9. The Balaban J connectivity index is 1.98. The summed E-state index contributed by atoms with van der Waals surface area (Å²) >= 11 is 0. The van der Waals surface area contributed by atoms with Gasteiger partial charge < -0.3 is 5.11 Å². The maximum absolute atomic E-state index is 12.9. The highest BCUT2D eigenvalue weighted by Gasteiger charge is 2.28. The molecule has 0 fully saturated rings. The van der Waals surface area contributed by atoms with Gasteiger partial charge in [0.05, 0.1) is 6.04 Å². The van der Waals surface area contributed by atoms with Crippen LogP contribution in [0.25, 0.3) is 0 Å². The average Bonchev–Trinajstić information content (AvgIpc) is 2.89. The number of benzene rings is 1. The molecule has 0 bridgehead atoms. The van der Waals surface area contributed by atoms with Gasteiger partial charge >= 0.3 is 5.97 Å². The topological polar surface area (TPSA) is 68.0 Å². The predicted molar refractivity (Wildman–Crippen MR) is 59.8 cm³/mol. The number of carboxylic acids is 1. The molecule has 0 spiro atoms. The Morgan fingerprint density at radius 3 is 2.78 bits per heavy atom. The second-order valence-electron chi connectivity index (χ2n) is 4.21. The maximum Gasteiger partial charge on any atom is 0.375 e. The molecule has 0 saturated carbocycles. The van der Waals surface area contributed by atoms with Crippen molar-refractivity contribution in [3.8, 4) is 0 Å². The van der Waals surface area contributed by atoms with E-state index in [4.69, 9.17) is 5.11 Å². The fourth-order valence-electron chi connectivity index (χ4n) is 2.25. The number of rotatable bonds is 2. The Morgan fingerprint density at radius 1 is 1.39 bits per heavy atom. The van der Waals surface area contributed by atoms with Crippen LogP contribution in [0.1, 0.15) is 34.5 Å². The van der Waals surface area contributed by atoms with E-state index in [2.05, 4.69) is 10.1 Å². The molecular weight excluding hydrogens is 237 g/mol. The SMILES string of the molecule is O=C(O)c1nc2n(n1)C(c1ccc(F)cc1)CC2. The minimum absolute atomic E-state index is 0.0544. The number of hydrogen-bond acceptors (Lipinski definition) is 3. The maximum atomic E-state index is 12.9. The second kappa shape index (κ2) is 3.90. The number of aromatic nitrogens is 3. The van der Waals surface area contributed by atoms with Crippen LogP contribution < -0.4 is 0 Å². The van der Waals surface area contributed by atoms with Crippen molar-refractivity contribution in [2.75, 3.05) is 0 Å². The van der Waals surface area contributed by atoms with E-state index in [0.29, 0.717) is 12.2 Å². The summed E-state index contributed by atoms with van der Waals surface area (Å²) in [7, 11) is 0. The average molecular weight is 247 g/mol. The van der Waals surface area contributed by atoms with Crippen LogP contribution in [0, 0.1) is 5.82 Å². The van der Waals surface area contributed by atoms with Crippen LogP contribution in [0.4, 0.5) is 4.39 Å². The number of nitrogens with zero attached hydrogens (tertiary/aromatic N) is 3. The first-order chi connectivity index (χ1) is 8.65. The molecule has 0 radical (unpaired) electrons. The van der Waals surface area contributed by atoms with Crippen molar-refractivity contribution in [1.82, 2.24) is 14.8 Å². The van der Waals surface area contributed by atoms with E-state index in [9.17, 15) is 9.18 Å². The highest BCUT2D eigenvalue weighted by atomic mass is 19.1. The molecule has 1 unspecified atom stereocenters. The molecule has 3 rings (SSSR count). The van der Waals surface area contributed by atoms with E-state index in [1.807, 2.05) is 0 Å². The number of aryl methyl sites for hydroxylation is 1. The smallest absolute Gasteiger partial charge is 0.375 e. The Hall–Kier alpha value is -2.24. The molecule has 1 atom stereocenters. The third kappa shape index (κ3) is 1.66. The number of carbonyl (C=O) groups is 1. The van der Waals surface area contributed by atoms with Crippen molar-refractivity contribution in [2.45, 2.75) is 18.9 Å². The third-order valence-electron chi connectivity index (χ3n) is 3.08. The molecule has 0 saturated heterocycles. The zero-order chi connectivity index (χ0) is 12.7. The summed E-state index contributed by atoms with van der Waals surface area (Å²) in [5, 5.41) is 12.8. The van der Waals surface area contributed by atoms with Gasteiger partial charge in [0.1, 0.15) is 11.6 Å². The predicted octanol–water partition coefficient (Wildman–Crippen LogP) is 1.65. The van der Waals surface area contributed by atoms with Crippen LogP contribution in [0.5, 0.6) is 0 Å². The molecule has 1 N–H and O–H groups in total. The normalized spacial score (nSPS) is 17.7. The van der Waals surface area contributed by atoms with E-state index in [1.54, 1.807) is 16.8 Å². The fraction of sp³-hybridized carbons (Fsp3) is 0.250. The molecule has 18 heavy (non-hydrogen) atoms. The van der Waals surface area contributed by atoms with Gasteiger partial charge in [0, 0.05) is 6.42 Å². The fourth-order valence-corrected chi connectivity index (χ4v) is 2.25. The largest absolute Gasteiger partial charge is 0.475 e. The van der Waals surface area contributed by atoms with Crippen molar-refractivity contribution in [1.29, 1.82) is 0 Å². The molecule has 1 aliphatic heterocycles. The van der Waals surface area contributed by atoms with Crippen molar-refractivity contribution in [3.63, 3.8) is 0 Å². The molecule has 0 aliphatic carbocycles. The highest BCUT2D eigenvalue weighted by molar-refractivity contribution is 5.82. The van der Waals surface area contributed by atoms with Gasteiger partial charge in [-0.1, -0.05) is 12.1 Å². The first-order valence-electron chi connectivity index (χ1n) is 5.59. The van der Waals surface area contributed by atoms with E-state index in [-0.39, 0.29) is 17.7 Å². The van der Waals surface area contributed by atoms with Gasteiger partial charge in [-0.25, -0.2) is 18.9 Å². The van der Waals surface area contributed by atoms with Gasteiger partial charge in [0.2, 0.25) is 0 Å². The van der Waals surface area contributed by atoms with Gasteiger partial charge in [-0.2, -0.15) is 0 Å². The molecule has 0 amide bonds. The van der Waals surface area contributed by atoms with Crippen molar-refractivity contribution < 1.29 is 14.3 Å². The Labute approximate surface area is 102 Å². The number of carboxylic acid groups (broad SMARTS) is 1. The van der Waals surface area contributed by atoms with E-state index >= 15 is 0 Å². The Kier molecular flexibility index (Phi) is 2.36. The zero-order valence-corrected chi connectivity index (χ0v) is 9.38. The van der Waals surface area contributed by atoms with Crippen LogP contribution in [0.3, 0.4) is 0 Å². The van der Waals surface area contributed by atoms with Crippen molar-refractivity contribution in [3.05, 3.63) is 47.3 Å². The lowest BCUT2D eigenvalue weighted by Crippen LogP contribution is -2.09. The van der Waals surface area contributed by atoms with Gasteiger partial charge in [-0.15, -0.1) is 5.10 Å². The molecule has 6 heteroatoms. The Morgan fingerprint density at radius 2 is 2.11 bits per heavy atom. The number of halogens is 1. The van der Waals surface area contributed by atoms with Crippen molar-refractivity contribution >= 4 is 5.97 Å². The van der Waals surface area contributed by atoms with Crippen LogP contribution in [0.2, 0.25) is 0 Å². The second-order valence-corrected chi connectivity index (χ2v) is 4.21. The summed E-state index contributed by atoms with van der Waals surface area (Å²) in [5.74, 6) is -0.935. The molecule has 5 nitrogen and oxygen atoms in total. The van der Waals surface area contributed by atoms with Gasteiger partial charge in [0.15, 0.2) is 0 Å². The van der Waals surface area contributed by atoms with Crippen LogP contribution in [0.15, 0.2) is 24.3 Å². The minimum atomic E-state index is -1.13. The van der Waals surface area contributed by atoms with Gasteiger partial charge in [-0.3, -0.25) is 0 Å². The summed E-state index contributed by atoms with van der Waals surface area (Å²) in [6.45, 7) is 0. The van der Waals surface area contributed by atoms with E-state index < -0.39 is 5.97 Å². The van der Waals surface area contributed by atoms with Crippen LogP contribution in [-0.4, -0.2) is 25.8 Å². The zero-order valence-electron chi connectivity index (χ0n) is 9.38. The molecule has 2 aromatic rings. The quantitative estimate of drug-likeness (QED) is 0.876. The van der Waals surface area contributed by atoms with E-state index in [1.165, 1.54) is 12.1 Å². The summed E-state index contributed by atoms with van der Waals surface area (Å²) in [4.78, 5) is 14.8. The standard InChI is InChI=1S/C12H10FN3O2/c13-8-3-1-7(2-4-8)9-5-6-10-14-11(12(17)18)15-16(9)10/h1-4,9H,5-6H2,(H,17,18). The lowest BCUT2D eigenvalue weighted by Gasteiger charge is -2.11. The van der Waals surface area contributed by atoms with Crippen LogP contribution in [-0.2, 0) is 6.42 Å². The highest BCUT2D eigenvalue weighted by Crippen LogP contribution is 2.30. The summed E-state index contributed by atoms with van der Waals surface area (Å²) < 4.78 is 14.5. The lowest BCUT2D eigenvalue weighted by molar-refractivity contribution is 0.0683. The molecule has 1 aromatic heterocycles. The number of fused-ring (bicyclic) bond motifs is 1. The molecule has 1 aromatic carbocycles. The minimum Gasteiger partial charge on any atom is -0.475 e. The first-order valence-corrected chi connectivity index (χ1v) is 5.59. The molecule has 1 aliphatic rings. The van der Waals surface area contributed by atoms with Crippen LogP contribution >= 0.6 is 0 Å². The summed E-state index contributed by atoms with van der Waals surface area (Å²) in [6, 6.07) is 6.11. The number of aromatic carboxylic acids is 1. The van der Waals surface area contributed by atoms with Gasteiger partial charge in [-0.05, 0) is 24.1 Å². The molecule has 92 valence electrons. The number of hydrogen-bond donors (Lipinski definition) is 1. The lowest BCUT2D eigenvalue weighted by atomic mass is 10.1. The van der Waals surface area contributed by atoms with E-state index in [0.717, 1.165) is 12.0 Å². The monoisotopic (exact) mass is 247 g/mol. The Bertz CT molecular complexity index is 606. The summed E-state index contributed by atoms with van der Waals surface area (Å²) in [5.41, 5.74) is 0.914.